The summed E-state index contributed by atoms with van der Waals surface area (Å²) in [6, 6.07) is 4.36. The summed E-state index contributed by atoms with van der Waals surface area (Å²) in [7, 11) is 0. The molecule has 1 aliphatic carbocycles. The molecule has 1 aromatic rings. The van der Waals surface area contributed by atoms with E-state index in [9.17, 15) is 5.26 Å². The van der Waals surface area contributed by atoms with Crippen LogP contribution >= 0.6 is 11.8 Å². The number of nitriles is 1. The number of aromatic nitrogens is 2. The summed E-state index contributed by atoms with van der Waals surface area (Å²) < 4.78 is 0. The lowest BCUT2D eigenvalue weighted by Gasteiger charge is -2.21. The molecule has 1 aliphatic rings. The van der Waals surface area contributed by atoms with Crippen molar-refractivity contribution in [2.24, 2.45) is 0 Å². The predicted octanol–water partition coefficient (Wildman–Crippen LogP) is 1.99. The molecule has 90 valence electrons. The Morgan fingerprint density at radius 3 is 3.24 bits per heavy atom. The fraction of sp³-hybridized carbons (Fsp3) is 0.583. The lowest BCUT2D eigenvalue weighted by molar-refractivity contribution is 0.436. The van der Waals surface area contributed by atoms with Crippen molar-refractivity contribution in [2.75, 3.05) is 6.54 Å². The molecule has 0 spiro atoms. The first kappa shape index (κ1) is 12.3. The third-order valence-corrected chi connectivity index (χ3v) is 4.26. The van der Waals surface area contributed by atoms with Crippen LogP contribution in [-0.2, 0) is 0 Å². The van der Waals surface area contributed by atoms with Crippen LogP contribution in [0.5, 0.6) is 0 Å². The van der Waals surface area contributed by atoms with Crippen LogP contribution < -0.4 is 5.32 Å². The van der Waals surface area contributed by atoms with Crippen LogP contribution in [0.2, 0.25) is 0 Å². The number of nitrogens with zero attached hydrogens (tertiary/aromatic N) is 3. The van der Waals surface area contributed by atoms with Gasteiger partial charge in [0.2, 0.25) is 0 Å². The molecule has 2 atom stereocenters. The Hall–Kier alpha value is -1.12. The second kappa shape index (κ2) is 5.48. The Kier molecular flexibility index (Phi) is 3.97. The van der Waals surface area contributed by atoms with E-state index in [2.05, 4.69) is 21.4 Å². The SMILES string of the molecule is CCNC1(C#N)CCC(Sc2ccncn2)C1. The molecule has 17 heavy (non-hydrogen) atoms. The van der Waals surface area contributed by atoms with E-state index in [1.807, 2.05) is 13.0 Å². The van der Waals surface area contributed by atoms with Crippen molar-refractivity contribution in [3.05, 3.63) is 18.6 Å². The van der Waals surface area contributed by atoms with Crippen molar-refractivity contribution >= 4 is 11.8 Å². The summed E-state index contributed by atoms with van der Waals surface area (Å²) in [4.78, 5) is 8.12. The molecule has 0 radical (unpaired) electrons. The minimum atomic E-state index is -0.320. The van der Waals surface area contributed by atoms with Gasteiger partial charge in [-0.2, -0.15) is 5.26 Å². The first-order valence-electron chi connectivity index (χ1n) is 5.87. The fourth-order valence-corrected chi connectivity index (χ4v) is 3.45. The van der Waals surface area contributed by atoms with E-state index in [1.165, 1.54) is 0 Å². The quantitative estimate of drug-likeness (QED) is 0.826. The van der Waals surface area contributed by atoms with Crippen molar-refractivity contribution < 1.29 is 0 Å². The molecule has 1 N–H and O–H groups in total. The molecule has 1 aromatic heterocycles. The monoisotopic (exact) mass is 248 g/mol. The summed E-state index contributed by atoms with van der Waals surface area (Å²) in [6.45, 7) is 2.89. The molecular weight excluding hydrogens is 232 g/mol. The molecule has 2 rings (SSSR count). The first-order chi connectivity index (χ1) is 8.28. The first-order valence-corrected chi connectivity index (χ1v) is 6.75. The summed E-state index contributed by atoms with van der Waals surface area (Å²) in [5.41, 5.74) is -0.320. The lowest BCUT2D eigenvalue weighted by atomic mass is 10.0. The fourth-order valence-electron chi connectivity index (χ4n) is 2.26. The molecule has 1 saturated carbocycles. The van der Waals surface area contributed by atoms with Crippen molar-refractivity contribution in [3.63, 3.8) is 0 Å². The van der Waals surface area contributed by atoms with E-state index in [1.54, 1.807) is 24.3 Å². The minimum absolute atomic E-state index is 0.320. The van der Waals surface area contributed by atoms with Crippen LogP contribution in [0.3, 0.4) is 0 Å². The molecule has 0 bridgehead atoms. The van der Waals surface area contributed by atoms with Crippen LogP contribution in [0.4, 0.5) is 0 Å². The van der Waals surface area contributed by atoms with Crippen LogP contribution in [0.1, 0.15) is 26.2 Å². The Labute approximate surface area is 106 Å². The zero-order valence-corrected chi connectivity index (χ0v) is 10.7. The summed E-state index contributed by atoms with van der Waals surface area (Å²) >= 11 is 1.75. The van der Waals surface area contributed by atoms with Gasteiger partial charge in [0, 0.05) is 11.4 Å². The normalized spacial score (nSPS) is 27.9. The summed E-state index contributed by atoms with van der Waals surface area (Å²) in [5, 5.41) is 14.1. The number of rotatable bonds is 4. The average molecular weight is 248 g/mol. The highest BCUT2D eigenvalue weighted by Crippen LogP contribution is 2.39. The van der Waals surface area contributed by atoms with Gasteiger partial charge >= 0.3 is 0 Å². The zero-order valence-electron chi connectivity index (χ0n) is 9.89. The Balaban J connectivity index is 1.96. The van der Waals surface area contributed by atoms with Crippen molar-refractivity contribution in [1.82, 2.24) is 15.3 Å². The van der Waals surface area contributed by atoms with Gasteiger partial charge in [0.05, 0.1) is 11.1 Å². The molecule has 2 unspecified atom stereocenters. The average Bonchev–Trinajstić information content (AvgIpc) is 2.75. The highest BCUT2D eigenvalue weighted by molar-refractivity contribution is 7.99. The van der Waals surface area contributed by atoms with E-state index in [-0.39, 0.29) is 5.54 Å². The second-order valence-electron chi connectivity index (χ2n) is 4.25. The zero-order chi connectivity index (χ0) is 12.1. The Bertz CT molecular complexity index is 403. The summed E-state index contributed by atoms with van der Waals surface area (Å²) in [5.74, 6) is 0. The van der Waals surface area contributed by atoms with E-state index < -0.39 is 0 Å². The lowest BCUT2D eigenvalue weighted by Crippen LogP contribution is -2.41. The van der Waals surface area contributed by atoms with Gasteiger partial charge in [-0.1, -0.05) is 6.92 Å². The molecule has 0 saturated heterocycles. The van der Waals surface area contributed by atoms with Gasteiger partial charge < -0.3 is 0 Å². The molecule has 0 aromatic carbocycles. The smallest absolute Gasteiger partial charge is 0.116 e. The molecule has 4 nitrogen and oxygen atoms in total. The number of thioether (sulfide) groups is 1. The van der Waals surface area contributed by atoms with Gasteiger partial charge in [0.25, 0.3) is 0 Å². The molecule has 1 fully saturated rings. The maximum absolute atomic E-state index is 9.28. The van der Waals surface area contributed by atoms with Crippen LogP contribution in [0.25, 0.3) is 0 Å². The van der Waals surface area contributed by atoms with E-state index in [4.69, 9.17) is 0 Å². The third-order valence-electron chi connectivity index (χ3n) is 3.04. The summed E-state index contributed by atoms with van der Waals surface area (Å²) in [6.07, 6.45) is 6.21. The predicted molar refractivity (Wildman–Crippen MR) is 67.5 cm³/mol. The molecule has 0 amide bonds. The van der Waals surface area contributed by atoms with E-state index in [0.717, 1.165) is 30.8 Å². The third kappa shape index (κ3) is 2.96. The van der Waals surface area contributed by atoms with Gasteiger partial charge in [-0.25, -0.2) is 9.97 Å². The van der Waals surface area contributed by atoms with Gasteiger partial charge in [-0.15, -0.1) is 11.8 Å². The minimum Gasteiger partial charge on any atom is -0.300 e. The van der Waals surface area contributed by atoms with Crippen molar-refractivity contribution in [1.29, 1.82) is 5.26 Å². The van der Waals surface area contributed by atoms with Crippen LogP contribution in [0, 0.1) is 11.3 Å². The molecular formula is C12H16N4S. The maximum Gasteiger partial charge on any atom is 0.116 e. The van der Waals surface area contributed by atoms with Crippen molar-refractivity contribution in [3.8, 4) is 6.07 Å². The number of hydrogen-bond donors (Lipinski definition) is 1. The topological polar surface area (TPSA) is 61.6 Å². The van der Waals surface area contributed by atoms with Gasteiger partial charge in [-0.3, -0.25) is 5.32 Å². The molecule has 5 heteroatoms. The molecule has 1 heterocycles. The second-order valence-corrected chi connectivity index (χ2v) is 5.58. The number of hydrogen-bond acceptors (Lipinski definition) is 5. The van der Waals surface area contributed by atoms with Gasteiger partial charge in [0.1, 0.15) is 11.9 Å². The van der Waals surface area contributed by atoms with E-state index in [0.29, 0.717) is 5.25 Å². The van der Waals surface area contributed by atoms with Gasteiger partial charge in [0.15, 0.2) is 0 Å². The molecule has 0 aliphatic heterocycles. The van der Waals surface area contributed by atoms with Crippen molar-refractivity contribution in [2.45, 2.75) is 42.0 Å². The number of nitrogens with one attached hydrogen (secondary N) is 1. The maximum atomic E-state index is 9.28. The Morgan fingerprint density at radius 2 is 2.59 bits per heavy atom. The standard InChI is InChI=1S/C12H16N4S/c1-2-16-12(8-13)5-3-10(7-12)17-11-4-6-14-9-15-11/h4,6,9-10,16H,2-3,5,7H2,1H3. The highest BCUT2D eigenvalue weighted by atomic mass is 32.2. The Morgan fingerprint density at radius 1 is 1.71 bits per heavy atom. The van der Waals surface area contributed by atoms with Crippen LogP contribution in [0.15, 0.2) is 23.6 Å². The highest BCUT2D eigenvalue weighted by Gasteiger charge is 2.39. The van der Waals surface area contributed by atoms with Crippen LogP contribution in [-0.4, -0.2) is 27.3 Å². The van der Waals surface area contributed by atoms with E-state index >= 15 is 0 Å². The largest absolute Gasteiger partial charge is 0.300 e. The van der Waals surface area contributed by atoms with Gasteiger partial charge in [-0.05, 0) is 31.9 Å².